The summed E-state index contributed by atoms with van der Waals surface area (Å²) in [6, 6.07) is -0.696. The van der Waals surface area contributed by atoms with E-state index in [0.29, 0.717) is 19.3 Å². The summed E-state index contributed by atoms with van der Waals surface area (Å²) in [4.78, 5) is 26.3. The first kappa shape index (κ1) is 63.6. The summed E-state index contributed by atoms with van der Waals surface area (Å²) < 4.78 is 5.97. The lowest BCUT2D eigenvalue weighted by Gasteiger charge is -2.24. The number of aliphatic hydroxyl groups is 2. The number of allylic oxidation sites excluding steroid dienone is 2. The minimum Gasteiger partial charge on any atom is -0.462 e. The van der Waals surface area contributed by atoms with Crippen molar-refractivity contribution in [2.24, 2.45) is 0 Å². The molecule has 0 aliphatic heterocycles. The molecule has 0 heterocycles. The van der Waals surface area contributed by atoms with E-state index in [-0.39, 0.29) is 24.9 Å². The average molecular weight is 919 g/mol. The Hall–Kier alpha value is -1.40. The van der Waals surface area contributed by atoms with Crippen LogP contribution in [0.5, 0.6) is 0 Å². The highest BCUT2D eigenvalue weighted by molar-refractivity contribution is 5.77. The number of rotatable bonds is 54. The first-order valence-corrected chi connectivity index (χ1v) is 29.4. The maximum Gasteiger partial charge on any atom is 0.306 e. The van der Waals surface area contributed by atoms with Crippen molar-refractivity contribution in [1.29, 1.82) is 0 Å². The third kappa shape index (κ3) is 48.9. The maximum absolute atomic E-state index is 13.3. The number of nitrogens with one attached hydrogen (secondary N) is 1. The fourth-order valence-corrected chi connectivity index (χ4v) is 9.37. The Bertz CT molecular complexity index is 986. The number of carbonyl (C=O) groups is 2. The van der Waals surface area contributed by atoms with Crippen LogP contribution in [0.1, 0.15) is 329 Å². The van der Waals surface area contributed by atoms with Crippen LogP contribution < -0.4 is 5.32 Å². The highest BCUT2D eigenvalue weighted by Gasteiger charge is 2.24. The smallest absolute Gasteiger partial charge is 0.306 e. The van der Waals surface area contributed by atoms with E-state index in [1.807, 2.05) is 0 Å². The molecular weight excluding hydrogens is 803 g/mol. The molecule has 0 aliphatic carbocycles. The second-order valence-electron chi connectivity index (χ2n) is 20.4. The van der Waals surface area contributed by atoms with Gasteiger partial charge < -0.3 is 20.3 Å². The minimum atomic E-state index is -0.782. The van der Waals surface area contributed by atoms with Crippen LogP contribution >= 0.6 is 0 Å². The first-order valence-electron chi connectivity index (χ1n) is 29.4. The minimum absolute atomic E-state index is 0.0849. The Balaban J connectivity index is 4.46. The van der Waals surface area contributed by atoms with E-state index in [0.717, 1.165) is 44.9 Å². The van der Waals surface area contributed by atoms with Gasteiger partial charge in [-0.15, -0.1) is 0 Å². The average Bonchev–Trinajstić information content (AvgIpc) is 3.30. The number of aliphatic hydroxyl groups excluding tert-OH is 2. The second kappa shape index (κ2) is 53.6. The lowest BCUT2D eigenvalue weighted by molar-refractivity contribution is -0.151. The second-order valence-corrected chi connectivity index (χ2v) is 20.4. The van der Waals surface area contributed by atoms with Gasteiger partial charge in [-0.2, -0.15) is 0 Å². The van der Waals surface area contributed by atoms with Gasteiger partial charge >= 0.3 is 5.97 Å². The summed E-state index contributed by atoms with van der Waals surface area (Å²) in [7, 11) is 0. The standard InChI is InChI=1S/C59H115NO5/c1-4-7-10-13-16-19-22-25-27-28-29-30-31-34-37-40-43-46-49-52-59(64)65-55(50-47-44-41-38-35-32-24-21-18-15-12-9-6-3)53-58(63)60-56(54-61)57(62)51-48-45-42-39-36-33-26-23-20-17-14-11-8-5-2/h25,27,55-57,61-62H,4-24,26,28-54H2,1-3H3,(H,60,63)/b27-25+. The molecule has 3 unspecified atom stereocenters. The van der Waals surface area contributed by atoms with Gasteiger partial charge in [0.2, 0.25) is 5.91 Å². The summed E-state index contributed by atoms with van der Waals surface area (Å²) in [5.41, 5.74) is 0. The van der Waals surface area contributed by atoms with Crippen LogP contribution in [-0.2, 0) is 14.3 Å². The summed E-state index contributed by atoms with van der Waals surface area (Å²) in [5, 5.41) is 23.9. The first-order chi connectivity index (χ1) is 32.0. The Kier molecular flexibility index (Phi) is 52.4. The molecule has 6 heteroatoms. The van der Waals surface area contributed by atoms with Gasteiger partial charge in [0.1, 0.15) is 6.10 Å². The normalized spacial score (nSPS) is 13.1. The van der Waals surface area contributed by atoms with Gasteiger partial charge in [-0.3, -0.25) is 9.59 Å². The zero-order valence-electron chi connectivity index (χ0n) is 44.2. The molecular formula is C59H115NO5. The third-order valence-corrected chi connectivity index (χ3v) is 13.8. The fourth-order valence-electron chi connectivity index (χ4n) is 9.37. The summed E-state index contributed by atoms with van der Waals surface area (Å²) in [5.74, 6) is -0.452. The fraction of sp³-hybridized carbons (Fsp3) is 0.932. The zero-order valence-corrected chi connectivity index (χ0v) is 44.2. The van der Waals surface area contributed by atoms with E-state index < -0.39 is 18.2 Å². The van der Waals surface area contributed by atoms with Crippen LogP contribution in [0.4, 0.5) is 0 Å². The number of hydrogen-bond donors (Lipinski definition) is 3. The predicted octanol–water partition coefficient (Wildman–Crippen LogP) is 18.1. The molecule has 0 fully saturated rings. The molecule has 0 spiro atoms. The topological polar surface area (TPSA) is 95.9 Å². The van der Waals surface area contributed by atoms with Crippen molar-refractivity contribution in [3.63, 3.8) is 0 Å². The quantitative estimate of drug-likeness (QED) is 0.0321. The van der Waals surface area contributed by atoms with Crippen molar-refractivity contribution in [3.8, 4) is 0 Å². The van der Waals surface area contributed by atoms with E-state index >= 15 is 0 Å². The summed E-state index contributed by atoms with van der Waals surface area (Å²) in [6.07, 6.45) is 61.3. The Morgan fingerprint density at radius 1 is 0.431 bits per heavy atom. The molecule has 0 saturated heterocycles. The molecule has 0 rings (SSSR count). The van der Waals surface area contributed by atoms with E-state index in [1.54, 1.807) is 0 Å². The van der Waals surface area contributed by atoms with E-state index in [4.69, 9.17) is 4.74 Å². The number of ether oxygens (including phenoxy) is 1. The zero-order chi connectivity index (χ0) is 47.4. The number of esters is 1. The molecule has 3 atom stereocenters. The van der Waals surface area contributed by atoms with Gasteiger partial charge in [0, 0.05) is 6.42 Å². The van der Waals surface area contributed by atoms with Crippen molar-refractivity contribution < 1.29 is 24.5 Å². The van der Waals surface area contributed by atoms with Crippen molar-refractivity contribution in [1.82, 2.24) is 5.32 Å². The molecule has 1 amide bonds. The van der Waals surface area contributed by atoms with E-state index in [9.17, 15) is 19.8 Å². The molecule has 0 bridgehead atoms. The van der Waals surface area contributed by atoms with Crippen LogP contribution in [0, 0.1) is 0 Å². The predicted molar refractivity (Wildman–Crippen MR) is 283 cm³/mol. The Morgan fingerprint density at radius 3 is 1.09 bits per heavy atom. The number of amides is 1. The Morgan fingerprint density at radius 2 is 0.738 bits per heavy atom. The summed E-state index contributed by atoms with van der Waals surface area (Å²) >= 11 is 0. The molecule has 0 aromatic heterocycles. The number of carbonyl (C=O) groups excluding carboxylic acids is 2. The van der Waals surface area contributed by atoms with Gasteiger partial charge in [-0.25, -0.2) is 0 Å². The summed E-state index contributed by atoms with van der Waals surface area (Å²) in [6.45, 7) is 6.52. The van der Waals surface area contributed by atoms with Crippen LogP contribution in [0.15, 0.2) is 12.2 Å². The number of hydrogen-bond acceptors (Lipinski definition) is 5. The molecule has 0 aromatic rings. The third-order valence-electron chi connectivity index (χ3n) is 13.8. The molecule has 0 aromatic carbocycles. The van der Waals surface area contributed by atoms with Gasteiger partial charge in [-0.05, 0) is 51.4 Å². The van der Waals surface area contributed by atoms with Crippen LogP contribution in [0.2, 0.25) is 0 Å². The lowest BCUT2D eigenvalue weighted by atomic mass is 10.0. The highest BCUT2D eigenvalue weighted by atomic mass is 16.5. The molecule has 0 saturated carbocycles. The van der Waals surface area contributed by atoms with Gasteiger partial charge in [0.05, 0.1) is 25.2 Å². The molecule has 6 nitrogen and oxygen atoms in total. The molecule has 3 N–H and O–H groups in total. The molecule has 386 valence electrons. The molecule has 65 heavy (non-hydrogen) atoms. The van der Waals surface area contributed by atoms with Crippen molar-refractivity contribution in [2.75, 3.05) is 6.61 Å². The lowest BCUT2D eigenvalue weighted by Crippen LogP contribution is -2.46. The monoisotopic (exact) mass is 918 g/mol. The van der Waals surface area contributed by atoms with Crippen LogP contribution in [0.25, 0.3) is 0 Å². The van der Waals surface area contributed by atoms with Crippen molar-refractivity contribution in [3.05, 3.63) is 12.2 Å². The molecule has 0 radical (unpaired) electrons. The van der Waals surface area contributed by atoms with Gasteiger partial charge in [0.15, 0.2) is 0 Å². The van der Waals surface area contributed by atoms with Crippen LogP contribution in [0.3, 0.4) is 0 Å². The van der Waals surface area contributed by atoms with E-state index in [1.165, 1.54) is 238 Å². The van der Waals surface area contributed by atoms with Crippen LogP contribution in [-0.4, -0.2) is 46.9 Å². The number of unbranched alkanes of at least 4 members (excludes halogenated alkanes) is 40. The van der Waals surface area contributed by atoms with E-state index in [2.05, 4.69) is 38.2 Å². The highest BCUT2D eigenvalue weighted by Crippen LogP contribution is 2.19. The largest absolute Gasteiger partial charge is 0.462 e. The van der Waals surface area contributed by atoms with Gasteiger partial charge in [-0.1, -0.05) is 277 Å². The molecule has 0 aliphatic rings. The van der Waals surface area contributed by atoms with Crippen molar-refractivity contribution >= 4 is 11.9 Å². The van der Waals surface area contributed by atoms with Gasteiger partial charge in [0.25, 0.3) is 0 Å². The van der Waals surface area contributed by atoms with Crippen molar-refractivity contribution in [2.45, 2.75) is 347 Å². The SMILES string of the molecule is CCCCCCCC/C=C/CCCCCCCCCCCC(=O)OC(CCCCCCCCCCCCCCC)CC(=O)NC(CO)C(O)CCCCCCCCCCCCCCCC. The Labute approximate surface area is 406 Å². The maximum atomic E-state index is 13.3.